The molecule has 0 saturated heterocycles. The van der Waals surface area contributed by atoms with Crippen LogP contribution in [0.15, 0.2) is 14.4 Å². The first kappa shape index (κ1) is 43.2. The number of rotatable bonds is 23. The third kappa shape index (κ3) is 15.5. The van der Waals surface area contributed by atoms with Crippen LogP contribution in [0, 0.1) is 5.41 Å². The molecule has 0 amide bonds. The van der Waals surface area contributed by atoms with Crippen LogP contribution in [0.5, 0.6) is 0 Å². The van der Waals surface area contributed by atoms with E-state index < -0.39 is 35.4 Å². The van der Waals surface area contributed by atoms with Crippen LogP contribution in [0.3, 0.4) is 0 Å². The van der Waals surface area contributed by atoms with Gasteiger partial charge in [0.2, 0.25) is 0 Å². The van der Waals surface area contributed by atoms with Crippen LogP contribution in [0.2, 0.25) is 0 Å². The molecule has 0 saturated carbocycles. The van der Waals surface area contributed by atoms with Crippen LogP contribution >= 0.6 is 0 Å². The summed E-state index contributed by atoms with van der Waals surface area (Å²) in [4.78, 5) is 47.6. The van der Waals surface area contributed by atoms with Crippen molar-refractivity contribution in [1.29, 1.82) is 0 Å². The maximum Gasteiger partial charge on any atom is 0.336 e. The van der Waals surface area contributed by atoms with Gasteiger partial charge in [0.05, 0.1) is 37.9 Å². The van der Waals surface area contributed by atoms with E-state index in [-0.39, 0.29) is 43.7 Å². The van der Waals surface area contributed by atoms with Crippen molar-refractivity contribution in [2.75, 3.05) is 65.4 Å². The SMILES string of the molecule is CCN(CC)CCCNCC(O)Cn1c(=O)n(CC(O)CN(CCCN(CC)CC)C(C)(C)C)c(=O)n(CC(O)CC(C)(C)C)c1=O. The van der Waals surface area contributed by atoms with Gasteiger partial charge in [-0.1, -0.05) is 48.5 Å². The lowest BCUT2D eigenvalue weighted by Crippen LogP contribution is -2.58. The van der Waals surface area contributed by atoms with Crippen molar-refractivity contribution in [2.24, 2.45) is 5.41 Å². The van der Waals surface area contributed by atoms with Gasteiger partial charge >= 0.3 is 17.1 Å². The van der Waals surface area contributed by atoms with Crippen molar-refractivity contribution in [3.63, 3.8) is 0 Å². The number of aliphatic hydroxyl groups excluding tert-OH is 3. The van der Waals surface area contributed by atoms with Gasteiger partial charge in [0, 0.05) is 18.6 Å². The summed E-state index contributed by atoms with van der Waals surface area (Å²) >= 11 is 0. The first-order valence-corrected chi connectivity index (χ1v) is 17.8. The molecular weight excluding hydrogens is 602 g/mol. The predicted octanol–water partition coefficient (Wildman–Crippen LogP) is 0.845. The largest absolute Gasteiger partial charge is 0.391 e. The van der Waals surface area contributed by atoms with Crippen molar-refractivity contribution >= 4 is 0 Å². The highest BCUT2D eigenvalue weighted by atomic mass is 16.3. The molecule has 0 spiro atoms. The molecule has 0 aromatic carbocycles. The van der Waals surface area contributed by atoms with E-state index in [0.717, 1.165) is 72.4 Å². The summed E-state index contributed by atoms with van der Waals surface area (Å²) in [5, 5.41) is 36.0. The van der Waals surface area contributed by atoms with E-state index in [1.54, 1.807) is 0 Å². The van der Waals surface area contributed by atoms with E-state index in [0.29, 0.717) is 13.0 Å². The van der Waals surface area contributed by atoms with E-state index in [2.05, 4.69) is 68.5 Å². The summed E-state index contributed by atoms with van der Waals surface area (Å²) in [5.74, 6) is 0. The second-order valence-corrected chi connectivity index (χ2v) is 15.0. The third-order valence-corrected chi connectivity index (χ3v) is 8.69. The average Bonchev–Trinajstić information content (AvgIpc) is 2.97. The minimum atomic E-state index is -1.08. The fraction of sp³-hybridized carbons (Fsp3) is 0.912. The molecule has 3 atom stereocenters. The van der Waals surface area contributed by atoms with Crippen LogP contribution < -0.4 is 22.4 Å². The van der Waals surface area contributed by atoms with Crippen LogP contribution in [0.25, 0.3) is 0 Å². The molecule has 0 bridgehead atoms. The maximum absolute atomic E-state index is 13.6. The van der Waals surface area contributed by atoms with Crippen molar-refractivity contribution in [2.45, 2.75) is 132 Å². The molecule has 3 unspecified atom stereocenters. The summed E-state index contributed by atoms with van der Waals surface area (Å²) in [5.41, 5.74) is -3.18. The van der Waals surface area contributed by atoms with Crippen LogP contribution in [-0.2, 0) is 19.6 Å². The average molecular weight is 672 g/mol. The quantitative estimate of drug-likeness (QED) is 0.123. The third-order valence-electron chi connectivity index (χ3n) is 8.69. The van der Waals surface area contributed by atoms with Crippen LogP contribution in [0.1, 0.15) is 88.5 Å². The van der Waals surface area contributed by atoms with E-state index >= 15 is 0 Å². The monoisotopic (exact) mass is 672 g/mol. The lowest BCUT2D eigenvalue weighted by atomic mass is 9.89. The van der Waals surface area contributed by atoms with Gasteiger partial charge in [0.1, 0.15) is 0 Å². The zero-order chi connectivity index (χ0) is 35.9. The van der Waals surface area contributed by atoms with Crippen LogP contribution in [0.4, 0.5) is 0 Å². The molecule has 4 N–H and O–H groups in total. The predicted molar refractivity (Wildman–Crippen MR) is 190 cm³/mol. The molecule has 1 aromatic rings. The first-order chi connectivity index (χ1) is 21.9. The Morgan fingerprint density at radius 2 is 1.06 bits per heavy atom. The summed E-state index contributed by atoms with van der Waals surface area (Å²) in [7, 11) is 0. The Hall–Kier alpha value is -1.87. The molecule has 13 heteroatoms. The molecule has 47 heavy (non-hydrogen) atoms. The Bertz CT molecular complexity index is 1190. The highest BCUT2D eigenvalue weighted by Gasteiger charge is 2.27. The van der Waals surface area contributed by atoms with Crippen molar-refractivity contribution in [3.8, 4) is 0 Å². The summed E-state index contributed by atoms with van der Waals surface area (Å²) in [6, 6.07) is 0. The number of hydrogen-bond acceptors (Lipinski definition) is 10. The molecule has 1 heterocycles. The summed E-state index contributed by atoms with van der Waals surface area (Å²) in [6.07, 6.45) is -1.05. The zero-order valence-electron chi connectivity index (χ0n) is 31.3. The van der Waals surface area contributed by atoms with Gasteiger partial charge in [-0.3, -0.25) is 4.90 Å². The molecule has 276 valence electrons. The smallest absolute Gasteiger partial charge is 0.336 e. The molecule has 0 fully saturated rings. The van der Waals surface area contributed by atoms with Gasteiger partial charge in [0.15, 0.2) is 0 Å². The summed E-state index contributed by atoms with van der Waals surface area (Å²) < 4.78 is 2.59. The number of aliphatic hydroxyl groups is 3. The van der Waals surface area contributed by atoms with Crippen molar-refractivity contribution in [3.05, 3.63) is 31.5 Å². The Balaban J connectivity index is 3.28. The molecule has 13 nitrogen and oxygen atoms in total. The number of nitrogens with one attached hydrogen (secondary N) is 1. The van der Waals surface area contributed by atoms with E-state index in [1.165, 1.54) is 0 Å². The zero-order valence-corrected chi connectivity index (χ0v) is 31.3. The second kappa shape index (κ2) is 20.6. The lowest BCUT2D eigenvalue weighted by molar-refractivity contribution is 0.0447. The van der Waals surface area contributed by atoms with Crippen molar-refractivity contribution < 1.29 is 15.3 Å². The fourth-order valence-electron chi connectivity index (χ4n) is 5.89. The minimum Gasteiger partial charge on any atom is -0.391 e. The van der Waals surface area contributed by atoms with Gasteiger partial charge in [-0.25, -0.2) is 28.1 Å². The topological polar surface area (TPSA) is 148 Å². The molecule has 0 aliphatic rings. The van der Waals surface area contributed by atoms with Gasteiger partial charge in [-0.2, -0.15) is 0 Å². The first-order valence-electron chi connectivity index (χ1n) is 17.8. The molecular formula is C34H69N7O6. The highest BCUT2D eigenvalue weighted by molar-refractivity contribution is 4.85. The number of aromatic nitrogens is 3. The van der Waals surface area contributed by atoms with E-state index in [4.69, 9.17) is 0 Å². The molecule has 0 aliphatic heterocycles. The summed E-state index contributed by atoms with van der Waals surface area (Å²) in [6.45, 7) is 27.0. The molecule has 0 aliphatic carbocycles. The van der Waals surface area contributed by atoms with Gasteiger partial charge < -0.3 is 30.4 Å². The maximum atomic E-state index is 13.6. The van der Waals surface area contributed by atoms with E-state index in [1.807, 2.05) is 20.8 Å². The number of nitrogens with zero attached hydrogens (tertiary/aromatic N) is 6. The number of β-amino-alcohol motifs (C(OH)–C–C–N with tert-alkyl or cyclic N) is 1. The lowest BCUT2D eigenvalue weighted by Gasteiger charge is -2.37. The Labute approximate surface area is 283 Å². The van der Waals surface area contributed by atoms with E-state index in [9.17, 15) is 29.7 Å². The van der Waals surface area contributed by atoms with Gasteiger partial charge in [-0.05, 0) is 97.8 Å². The molecule has 0 radical (unpaired) electrons. The van der Waals surface area contributed by atoms with Gasteiger partial charge in [0.25, 0.3) is 0 Å². The minimum absolute atomic E-state index is 0.159. The normalized spacial score (nSPS) is 14.8. The van der Waals surface area contributed by atoms with Gasteiger partial charge in [-0.15, -0.1) is 0 Å². The Kier molecular flexibility index (Phi) is 18.9. The van der Waals surface area contributed by atoms with Crippen LogP contribution in [-0.4, -0.2) is 133 Å². The fourth-order valence-corrected chi connectivity index (χ4v) is 5.89. The highest BCUT2D eigenvalue weighted by Crippen LogP contribution is 2.21. The molecule has 1 rings (SSSR count). The second-order valence-electron chi connectivity index (χ2n) is 15.0. The number of hydrogen-bond donors (Lipinski definition) is 4. The molecule has 1 aromatic heterocycles. The Morgan fingerprint density at radius 1 is 0.638 bits per heavy atom. The van der Waals surface area contributed by atoms with Crippen molar-refractivity contribution in [1.82, 2.24) is 33.7 Å². The Morgan fingerprint density at radius 3 is 1.49 bits per heavy atom. The standard InChI is InChI=1S/C34H69N7O6/c1-11-36(12-2)18-15-17-35-22-28(43)25-40-30(45)39(24-27(42)21-33(5,6)7)31(46)41(32(40)47)26-29(44)23-38(34(8,9)10)20-16-19-37(13-3)14-4/h27-29,35,42-44H,11-26H2,1-10H3.